The van der Waals surface area contributed by atoms with Gasteiger partial charge in [-0.3, -0.25) is 4.79 Å². The number of halogens is 1. The van der Waals surface area contributed by atoms with Crippen LogP contribution in [0, 0.1) is 0 Å². The number of ether oxygens (including phenoxy) is 1. The highest BCUT2D eigenvalue weighted by atomic mass is 35.5. The lowest BCUT2D eigenvalue weighted by atomic mass is 10.2. The van der Waals surface area contributed by atoms with E-state index in [0.29, 0.717) is 12.0 Å². The largest absolute Gasteiger partial charge is 0.494 e. The van der Waals surface area contributed by atoms with Crippen LogP contribution >= 0.6 is 11.6 Å². The maximum absolute atomic E-state index is 10.4. The number of methoxy groups -OCH3 is 1. The fourth-order valence-corrected chi connectivity index (χ4v) is 1.18. The molecule has 0 aliphatic heterocycles. The molecule has 1 aromatic carbocycles. The molecule has 13 heavy (non-hydrogen) atoms. The van der Waals surface area contributed by atoms with Crippen LogP contribution in [0.2, 0.25) is 0 Å². The molecule has 0 heterocycles. The van der Waals surface area contributed by atoms with Gasteiger partial charge in [-0.1, -0.05) is 41.9 Å². The summed E-state index contributed by atoms with van der Waals surface area (Å²) >= 11 is 5.65. The lowest BCUT2D eigenvalue weighted by Crippen LogP contribution is -1.90. The Bertz CT molecular complexity index is 317. The predicted octanol–water partition coefficient (Wildman–Crippen LogP) is 2.44. The van der Waals surface area contributed by atoms with Crippen molar-refractivity contribution in [1.82, 2.24) is 0 Å². The minimum atomic E-state index is 0.0775. The van der Waals surface area contributed by atoms with Gasteiger partial charge in [0.15, 0.2) is 6.29 Å². The molecule has 68 valence electrons. The van der Waals surface area contributed by atoms with E-state index in [0.717, 1.165) is 5.56 Å². The van der Waals surface area contributed by atoms with E-state index < -0.39 is 0 Å². The van der Waals surface area contributed by atoms with Crippen molar-refractivity contribution in [3.8, 4) is 0 Å². The lowest BCUT2D eigenvalue weighted by Gasteiger charge is -2.05. The molecule has 0 fully saturated rings. The fraction of sp³-hybridized carbons (Fsp3) is 0.100. The monoisotopic (exact) mass is 196 g/mol. The number of hydrogen-bond acceptors (Lipinski definition) is 2. The van der Waals surface area contributed by atoms with Gasteiger partial charge in [-0.2, -0.15) is 0 Å². The van der Waals surface area contributed by atoms with E-state index in [9.17, 15) is 4.79 Å². The standard InChI is InChI=1S/C10H9ClO2/c1-13-10(9(11)7-12)8-5-3-2-4-6-8/h2-7H,1H3. The summed E-state index contributed by atoms with van der Waals surface area (Å²) in [5, 5.41) is 0.0775. The van der Waals surface area contributed by atoms with E-state index in [1.165, 1.54) is 7.11 Å². The van der Waals surface area contributed by atoms with Crippen molar-refractivity contribution in [1.29, 1.82) is 0 Å². The Labute approximate surface area is 81.8 Å². The first kappa shape index (κ1) is 9.81. The third-order valence-corrected chi connectivity index (χ3v) is 1.82. The molecule has 1 rings (SSSR count). The summed E-state index contributed by atoms with van der Waals surface area (Å²) in [7, 11) is 1.48. The van der Waals surface area contributed by atoms with Gasteiger partial charge in [0.1, 0.15) is 10.8 Å². The molecule has 0 N–H and O–H groups in total. The molecule has 3 heteroatoms. The maximum Gasteiger partial charge on any atom is 0.165 e. The average Bonchev–Trinajstić information content (AvgIpc) is 2.20. The van der Waals surface area contributed by atoms with E-state index in [4.69, 9.17) is 16.3 Å². The van der Waals surface area contributed by atoms with Gasteiger partial charge in [-0.25, -0.2) is 0 Å². The highest BCUT2D eigenvalue weighted by Gasteiger charge is 2.05. The molecule has 2 nitrogen and oxygen atoms in total. The highest BCUT2D eigenvalue weighted by molar-refractivity contribution is 6.41. The molecule has 0 bridgehead atoms. The average molecular weight is 197 g/mol. The molecule has 0 atom stereocenters. The van der Waals surface area contributed by atoms with Gasteiger partial charge in [-0.05, 0) is 0 Å². The van der Waals surface area contributed by atoms with Gasteiger partial charge >= 0.3 is 0 Å². The van der Waals surface area contributed by atoms with Crippen molar-refractivity contribution >= 4 is 23.6 Å². The van der Waals surface area contributed by atoms with E-state index in [-0.39, 0.29) is 5.03 Å². The topological polar surface area (TPSA) is 26.3 Å². The molecule has 0 aromatic heterocycles. The van der Waals surface area contributed by atoms with Gasteiger partial charge in [0.05, 0.1) is 7.11 Å². The predicted molar refractivity (Wildman–Crippen MR) is 52.3 cm³/mol. The molecule has 0 aliphatic rings. The first-order valence-corrected chi connectivity index (χ1v) is 4.11. The lowest BCUT2D eigenvalue weighted by molar-refractivity contribution is -0.104. The van der Waals surface area contributed by atoms with E-state index in [1.807, 2.05) is 30.3 Å². The Morgan fingerprint density at radius 1 is 1.38 bits per heavy atom. The summed E-state index contributed by atoms with van der Waals surface area (Å²) in [6, 6.07) is 9.23. The zero-order valence-corrected chi connectivity index (χ0v) is 7.91. The molecule has 0 aliphatic carbocycles. The molecular formula is C10H9ClO2. The minimum Gasteiger partial charge on any atom is -0.494 e. The summed E-state index contributed by atoms with van der Waals surface area (Å²) in [5.74, 6) is 0.400. The van der Waals surface area contributed by atoms with Crippen molar-refractivity contribution in [2.75, 3.05) is 7.11 Å². The minimum absolute atomic E-state index is 0.0775. The zero-order valence-electron chi connectivity index (χ0n) is 7.16. The Kier molecular flexibility index (Phi) is 3.53. The number of rotatable bonds is 3. The number of carbonyl (C=O) groups is 1. The van der Waals surface area contributed by atoms with Crippen molar-refractivity contribution in [2.45, 2.75) is 0 Å². The summed E-state index contributed by atoms with van der Waals surface area (Å²) < 4.78 is 5.01. The number of aldehydes is 1. The number of benzene rings is 1. The molecule has 1 aromatic rings. The van der Waals surface area contributed by atoms with Crippen LogP contribution in [0.1, 0.15) is 5.56 Å². The smallest absolute Gasteiger partial charge is 0.165 e. The quantitative estimate of drug-likeness (QED) is 0.422. The van der Waals surface area contributed by atoms with Crippen LogP contribution in [0.5, 0.6) is 0 Å². The van der Waals surface area contributed by atoms with Gasteiger partial charge in [0.2, 0.25) is 0 Å². The second kappa shape index (κ2) is 4.67. The van der Waals surface area contributed by atoms with Crippen molar-refractivity contribution < 1.29 is 9.53 Å². The number of carbonyl (C=O) groups excluding carboxylic acids is 1. The van der Waals surface area contributed by atoms with Gasteiger partial charge in [-0.15, -0.1) is 0 Å². The van der Waals surface area contributed by atoms with Gasteiger partial charge < -0.3 is 4.74 Å². The molecule has 0 amide bonds. The third kappa shape index (κ3) is 2.33. The van der Waals surface area contributed by atoms with Gasteiger partial charge in [0.25, 0.3) is 0 Å². The van der Waals surface area contributed by atoms with Crippen LogP contribution in [0.3, 0.4) is 0 Å². The molecule has 0 spiro atoms. The first-order valence-electron chi connectivity index (χ1n) is 3.74. The third-order valence-electron chi connectivity index (χ3n) is 1.56. The van der Waals surface area contributed by atoms with Crippen molar-refractivity contribution in [3.05, 3.63) is 40.9 Å². The van der Waals surface area contributed by atoms with Crippen LogP contribution in [0.25, 0.3) is 5.76 Å². The first-order chi connectivity index (χ1) is 6.29. The second-order valence-corrected chi connectivity index (χ2v) is 2.77. The van der Waals surface area contributed by atoms with Crippen molar-refractivity contribution in [3.63, 3.8) is 0 Å². The van der Waals surface area contributed by atoms with E-state index >= 15 is 0 Å². The molecule has 0 saturated heterocycles. The molecule has 0 unspecified atom stereocenters. The normalized spacial score (nSPS) is 11.8. The number of hydrogen-bond donors (Lipinski definition) is 0. The van der Waals surface area contributed by atoms with Crippen LogP contribution in [0.15, 0.2) is 35.4 Å². The Morgan fingerprint density at radius 3 is 2.46 bits per heavy atom. The Morgan fingerprint density at radius 2 is 2.00 bits per heavy atom. The molecular weight excluding hydrogens is 188 g/mol. The van der Waals surface area contributed by atoms with Crippen LogP contribution in [0.4, 0.5) is 0 Å². The van der Waals surface area contributed by atoms with E-state index in [1.54, 1.807) is 0 Å². The molecule has 0 radical (unpaired) electrons. The second-order valence-electron chi connectivity index (χ2n) is 2.37. The fourth-order valence-electron chi connectivity index (χ4n) is 0.996. The van der Waals surface area contributed by atoms with Gasteiger partial charge in [0, 0.05) is 5.56 Å². The summed E-state index contributed by atoms with van der Waals surface area (Å²) in [6.07, 6.45) is 0.563. The summed E-state index contributed by atoms with van der Waals surface area (Å²) in [6.45, 7) is 0. The Hall–Kier alpha value is -1.28. The SMILES string of the molecule is COC(=C(Cl)C=O)c1ccccc1. The summed E-state index contributed by atoms with van der Waals surface area (Å²) in [5.41, 5.74) is 0.794. The van der Waals surface area contributed by atoms with E-state index in [2.05, 4.69) is 0 Å². The van der Waals surface area contributed by atoms with Crippen molar-refractivity contribution in [2.24, 2.45) is 0 Å². The summed E-state index contributed by atoms with van der Waals surface area (Å²) in [4.78, 5) is 10.4. The highest BCUT2D eigenvalue weighted by Crippen LogP contribution is 2.20. The van der Waals surface area contributed by atoms with Crippen LogP contribution in [-0.4, -0.2) is 13.4 Å². The van der Waals surface area contributed by atoms with Crippen LogP contribution in [-0.2, 0) is 9.53 Å². The number of allylic oxidation sites excluding steroid dienone is 1. The molecule has 0 saturated carbocycles. The maximum atomic E-state index is 10.4. The zero-order chi connectivity index (χ0) is 9.68. The Balaban J connectivity index is 3.12. The van der Waals surface area contributed by atoms with Crippen LogP contribution < -0.4 is 0 Å².